The van der Waals surface area contributed by atoms with Crippen LogP contribution < -0.4 is 4.74 Å². The maximum absolute atomic E-state index is 13.5. The van der Waals surface area contributed by atoms with Crippen LogP contribution in [0.15, 0.2) is 90.5 Å². The highest BCUT2D eigenvalue weighted by Crippen LogP contribution is 2.48. The van der Waals surface area contributed by atoms with E-state index in [2.05, 4.69) is 0 Å². The summed E-state index contributed by atoms with van der Waals surface area (Å²) in [5.41, 5.74) is 0.968. The number of rotatable bonds is 3. The molecule has 4 nitrogen and oxygen atoms in total. The van der Waals surface area contributed by atoms with Crippen molar-refractivity contribution in [3.8, 4) is 5.75 Å². The molecular formula is C25H16O4. The van der Waals surface area contributed by atoms with Gasteiger partial charge in [0, 0.05) is 22.3 Å². The van der Waals surface area contributed by atoms with Crippen molar-refractivity contribution in [2.45, 2.75) is 11.8 Å². The number of esters is 1. The van der Waals surface area contributed by atoms with Crippen molar-refractivity contribution in [1.29, 1.82) is 0 Å². The van der Waals surface area contributed by atoms with Crippen LogP contribution in [0.2, 0.25) is 0 Å². The third kappa shape index (κ3) is 2.49. The molecule has 0 N–H and O–H groups in total. The third-order valence-electron chi connectivity index (χ3n) is 5.63. The maximum atomic E-state index is 13.5. The van der Waals surface area contributed by atoms with E-state index >= 15 is 0 Å². The van der Waals surface area contributed by atoms with Gasteiger partial charge in [-0.3, -0.25) is 14.4 Å². The molecule has 5 rings (SSSR count). The Kier molecular flexibility index (Phi) is 3.81. The van der Waals surface area contributed by atoms with Gasteiger partial charge in [0.1, 0.15) is 11.2 Å². The maximum Gasteiger partial charge on any atom is 0.327 e. The average Bonchev–Trinajstić information content (AvgIpc) is 3.03. The minimum atomic E-state index is -1.36. The summed E-state index contributed by atoms with van der Waals surface area (Å²) in [4.78, 5) is 39.6. The molecule has 29 heavy (non-hydrogen) atoms. The number of Topliss-reactive ketones (excluding diaryl/α,β-unsaturated/α-hetero) is 1. The molecule has 4 heteroatoms. The second-order valence-electron chi connectivity index (χ2n) is 7.25. The number of fused-ring (bicyclic) bond motifs is 2. The van der Waals surface area contributed by atoms with Gasteiger partial charge in [-0.05, 0) is 24.1 Å². The fourth-order valence-corrected chi connectivity index (χ4v) is 4.26. The molecule has 0 bridgehead atoms. The molecule has 3 aromatic rings. The van der Waals surface area contributed by atoms with E-state index in [1.54, 1.807) is 42.5 Å². The third-order valence-corrected chi connectivity index (χ3v) is 5.63. The van der Waals surface area contributed by atoms with Crippen LogP contribution in [0.5, 0.6) is 5.75 Å². The minimum Gasteiger partial charge on any atom is -0.425 e. The predicted octanol–water partition coefficient (Wildman–Crippen LogP) is 4.09. The van der Waals surface area contributed by atoms with E-state index in [1.165, 1.54) is 6.08 Å². The van der Waals surface area contributed by atoms with Crippen molar-refractivity contribution in [3.63, 3.8) is 0 Å². The van der Waals surface area contributed by atoms with Crippen molar-refractivity contribution >= 4 is 17.5 Å². The Morgan fingerprint density at radius 3 is 2.17 bits per heavy atom. The largest absolute Gasteiger partial charge is 0.425 e. The zero-order valence-electron chi connectivity index (χ0n) is 15.4. The number of ether oxygens (including phenoxy) is 1. The summed E-state index contributed by atoms with van der Waals surface area (Å²) < 4.78 is 5.58. The van der Waals surface area contributed by atoms with Gasteiger partial charge < -0.3 is 4.74 Å². The van der Waals surface area contributed by atoms with Gasteiger partial charge in [-0.15, -0.1) is 0 Å². The van der Waals surface area contributed by atoms with E-state index in [0.29, 0.717) is 22.4 Å². The Morgan fingerprint density at radius 2 is 1.38 bits per heavy atom. The molecule has 3 aromatic carbocycles. The van der Waals surface area contributed by atoms with Gasteiger partial charge in [0.15, 0.2) is 11.6 Å². The fraction of sp³-hybridized carbons (Fsp3) is 0.0800. The Balaban J connectivity index is 1.76. The molecule has 1 atom stereocenters. The van der Waals surface area contributed by atoms with Crippen molar-refractivity contribution in [3.05, 3.63) is 113 Å². The van der Waals surface area contributed by atoms with Crippen LogP contribution in [0.25, 0.3) is 0 Å². The fourth-order valence-electron chi connectivity index (χ4n) is 4.26. The molecule has 1 aliphatic carbocycles. The van der Waals surface area contributed by atoms with Crippen molar-refractivity contribution in [1.82, 2.24) is 0 Å². The number of carbonyl (C=O) groups is 3. The monoisotopic (exact) mass is 380 g/mol. The van der Waals surface area contributed by atoms with E-state index in [0.717, 1.165) is 5.56 Å². The van der Waals surface area contributed by atoms with Gasteiger partial charge in [-0.2, -0.15) is 0 Å². The number of allylic oxidation sites excluding steroid dienone is 1. The van der Waals surface area contributed by atoms with Gasteiger partial charge >= 0.3 is 5.97 Å². The van der Waals surface area contributed by atoms with Gasteiger partial charge in [-0.1, -0.05) is 72.8 Å². The van der Waals surface area contributed by atoms with E-state index in [9.17, 15) is 14.4 Å². The molecule has 0 amide bonds. The predicted molar refractivity (Wildman–Crippen MR) is 107 cm³/mol. The standard InChI is InChI=1S/C25H16O4/c26-21-14-20(23(27)18-11-5-4-10-17(18)21)25(15-16-8-2-1-3-9-16)19-12-6-7-13-22(19)29-24(25)28/h1-14H,15H2/t25-/m1/s1. The SMILES string of the molecule is O=C1C=C([C@]2(Cc3ccccc3)C(=O)Oc3ccccc32)C(=O)c2ccccc21. The Labute approximate surface area is 167 Å². The molecule has 0 fully saturated rings. The second kappa shape index (κ2) is 6.38. The number of para-hydroxylation sites is 1. The number of benzene rings is 3. The molecule has 2 aliphatic rings. The zero-order valence-corrected chi connectivity index (χ0v) is 15.4. The molecule has 140 valence electrons. The van der Waals surface area contributed by atoms with E-state index in [1.807, 2.05) is 36.4 Å². The summed E-state index contributed by atoms with van der Waals surface area (Å²) in [5.74, 6) is -0.702. The van der Waals surface area contributed by atoms with Gasteiger partial charge in [0.25, 0.3) is 0 Å². The summed E-state index contributed by atoms with van der Waals surface area (Å²) >= 11 is 0. The molecule has 0 saturated heterocycles. The molecule has 0 unspecified atom stereocenters. The van der Waals surface area contributed by atoms with Crippen molar-refractivity contribution in [2.75, 3.05) is 0 Å². The Morgan fingerprint density at radius 1 is 0.724 bits per heavy atom. The van der Waals surface area contributed by atoms with Gasteiger partial charge in [-0.25, -0.2) is 0 Å². The van der Waals surface area contributed by atoms with E-state index in [-0.39, 0.29) is 23.6 Å². The molecule has 0 radical (unpaired) electrons. The number of ketones is 2. The van der Waals surface area contributed by atoms with Crippen LogP contribution in [0.4, 0.5) is 0 Å². The molecule has 0 spiro atoms. The quantitative estimate of drug-likeness (QED) is 0.507. The molecule has 0 aromatic heterocycles. The topological polar surface area (TPSA) is 60.4 Å². The highest BCUT2D eigenvalue weighted by molar-refractivity contribution is 6.27. The van der Waals surface area contributed by atoms with Crippen molar-refractivity contribution < 1.29 is 19.1 Å². The number of carbonyl (C=O) groups excluding carboxylic acids is 3. The lowest BCUT2D eigenvalue weighted by molar-refractivity contribution is -0.136. The van der Waals surface area contributed by atoms with Crippen LogP contribution >= 0.6 is 0 Å². The Hall–Kier alpha value is -3.79. The second-order valence-corrected chi connectivity index (χ2v) is 7.25. The molecular weight excluding hydrogens is 364 g/mol. The molecule has 0 saturated carbocycles. The summed E-state index contributed by atoms with van der Waals surface area (Å²) in [6, 6.07) is 23.3. The van der Waals surface area contributed by atoms with Gasteiger partial charge in [0.2, 0.25) is 0 Å². The lowest BCUT2D eigenvalue weighted by Gasteiger charge is -2.30. The summed E-state index contributed by atoms with van der Waals surface area (Å²) in [7, 11) is 0. The van der Waals surface area contributed by atoms with Crippen molar-refractivity contribution in [2.24, 2.45) is 0 Å². The summed E-state index contributed by atoms with van der Waals surface area (Å²) in [5, 5.41) is 0. The van der Waals surface area contributed by atoms with Crippen LogP contribution in [0.3, 0.4) is 0 Å². The van der Waals surface area contributed by atoms with E-state index < -0.39 is 11.4 Å². The van der Waals surface area contributed by atoms with Crippen LogP contribution in [-0.4, -0.2) is 17.5 Å². The molecule has 1 aliphatic heterocycles. The smallest absolute Gasteiger partial charge is 0.327 e. The highest BCUT2D eigenvalue weighted by atomic mass is 16.5. The normalized spacial score (nSPS) is 20.0. The first-order chi connectivity index (χ1) is 14.1. The highest BCUT2D eigenvalue weighted by Gasteiger charge is 2.55. The number of hydrogen-bond donors (Lipinski definition) is 0. The first-order valence-electron chi connectivity index (χ1n) is 9.37. The average molecular weight is 380 g/mol. The minimum absolute atomic E-state index is 0.167. The number of hydrogen-bond acceptors (Lipinski definition) is 4. The first kappa shape index (κ1) is 17.3. The van der Waals surface area contributed by atoms with E-state index in [4.69, 9.17) is 4.74 Å². The summed E-state index contributed by atoms with van der Waals surface area (Å²) in [6.07, 6.45) is 1.55. The van der Waals surface area contributed by atoms with Crippen LogP contribution in [-0.2, 0) is 16.6 Å². The van der Waals surface area contributed by atoms with Gasteiger partial charge in [0.05, 0.1) is 0 Å². The van der Waals surface area contributed by atoms with Crippen LogP contribution in [0.1, 0.15) is 31.8 Å². The Bertz CT molecular complexity index is 1210. The lowest BCUT2D eigenvalue weighted by atomic mass is 9.66. The van der Waals surface area contributed by atoms with Crippen LogP contribution in [0, 0.1) is 0 Å². The lowest BCUT2D eigenvalue weighted by Crippen LogP contribution is -2.42. The first-order valence-corrected chi connectivity index (χ1v) is 9.37. The summed E-state index contributed by atoms with van der Waals surface area (Å²) in [6.45, 7) is 0. The molecule has 1 heterocycles. The zero-order chi connectivity index (χ0) is 20.0.